The number of fused-ring (bicyclic) bond motifs is 1. The van der Waals surface area contributed by atoms with Gasteiger partial charge in [-0.3, -0.25) is 4.79 Å². The molecule has 1 aromatic carbocycles. The summed E-state index contributed by atoms with van der Waals surface area (Å²) >= 11 is 4.95. The lowest BCUT2D eigenvalue weighted by Gasteiger charge is -2.04. The van der Waals surface area contributed by atoms with Gasteiger partial charge in [-0.15, -0.1) is 6.58 Å². The highest BCUT2D eigenvalue weighted by molar-refractivity contribution is 7.80. The highest BCUT2D eigenvalue weighted by Crippen LogP contribution is 2.23. The minimum absolute atomic E-state index is 0.0754. The fourth-order valence-corrected chi connectivity index (χ4v) is 1.82. The van der Waals surface area contributed by atoms with Gasteiger partial charge in [-0.2, -0.15) is 0 Å². The molecule has 3 N–H and O–H groups in total. The Labute approximate surface area is 120 Å². The monoisotopic (exact) mass is 287 g/mol. The predicted octanol–water partition coefficient (Wildman–Crippen LogP) is 1.71. The minimum Gasteiger partial charge on any atom is -0.506 e. The number of thiocarbonyl (C=S) groups is 1. The van der Waals surface area contributed by atoms with Crippen LogP contribution in [0.3, 0.4) is 0 Å². The normalized spacial score (nSPS) is 10.8. The van der Waals surface area contributed by atoms with Crippen LogP contribution in [-0.4, -0.2) is 28.0 Å². The van der Waals surface area contributed by atoms with Crippen molar-refractivity contribution < 1.29 is 5.11 Å². The van der Waals surface area contributed by atoms with Gasteiger partial charge in [0.05, 0.1) is 5.52 Å². The van der Waals surface area contributed by atoms with Gasteiger partial charge in [0.25, 0.3) is 5.56 Å². The average Bonchev–Trinajstić information content (AvgIpc) is 2.45. The van der Waals surface area contributed by atoms with Gasteiger partial charge in [0, 0.05) is 18.1 Å². The molecule has 20 heavy (non-hydrogen) atoms. The molecule has 0 saturated heterocycles. The molecule has 1 heterocycles. The third-order valence-corrected chi connectivity index (χ3v) is 2.89. The predicted molar refractivity (Wildman–Crippen MR) is 84.6 cm³/mol. The van der Waals surface area contributed by atoms with Crippen LogP contribution in [0.5, 0.6) is 5.75 Å². The minimum atomic E-state index is -0.420. The van der Waals surface area contributed by atoms with E-state index in [0.717, 1.165) is 0 Å². The summed E-state index contributed by atoms with van der Waals surface area (Å²) < 4.78 is 0. The number of hydrogen-bond acceptors (Lipinski definition) is 3. The highest BCUT2D eigenvalue weighted by atomic mass is 32.1. The Hall–Kier alpha value is -2.47. The van der Waals surface area contributed by atoms with E-state index in [9.17, 15) is 9.90 Å². The molecular weight excluding hydrogens is 274 g/mol. The van der Waals surface area contributed by atoms with Crippen LogP contribution in [0.2, 0.25) is 0 Å². The molecule has 102 valence electrons. The van der Waals surface area contributed by atoms with E-state index < -0.39 is 5.56 Å². The summed E-state index contributed by atoms with van der Waals surface area (Å²) in [5, 5.41) is 13.7. The van der Waals surface area contributed by atoms with Crippen molar-refractivity contribution in [2.24, 2.45) is 4.99 Å². The smallest absolute Gasteiger partial charge is 0.261 e. The zero-order chi connectivity index (χ0) is 14.5. The van der Waals surface area contributed by atoms with E-state index in [1.54, 1.807) is 30.3 Å². The Morgan fingerprint density at radius 2 is 2.25 bits per heavy atom. The van der Waals surface area contributed by atoms with Crippen LogP contribution in [-0.2, 0) is 0 Å². The van der Waals surface area contributed by atoms with Gasteiger partial charge in [-0.05, 0) is 24.4 Å². The average molecular weight is 287 g/mol. The van der Waals surface area contributed by atoms with Crippen LogP contribution >= 0.6 is 12.2 Å². The molecule has 0 bridgehead atoms. The Kier molecular flexibility index (Phi) is 4.27. The highest BCUT2D eigenvalue weighted by Gasteiger charge is 2.09. The van der Waals surface area contributed by atoms with Crippen LogP contribution in [0.25, 0.3) is 10.9 Å². The number of para-hydroxylation sites is 1. The van der Waals surface area contributed by atoms with Crippen molar-refractivity contribution in [1.29, 1.82) is 0 Å². The second-order valence-corrected chi connectivity index (χ2v) is 4.38. The molecule has 2 aromatic rings. The summed E-state index contributed by atoms with van der Waals surface area (Å²) in [4.78, 5) is 18.5. The van der Waals surface area contributed by atoms with Crippen molar-refractivity contribution in [3.05, 3.63) is 52.8 Å². The molecule has 6 heteroatoms. The van der Waals surface area contributed by atoms with Gasteiger partial charge < -0.3 is 15.4 Å². The number of benzene rings is 1. The summed E-state index contributed by atoms with van der Waals surface area (Å²) in [6, 6.07) is 6.98. The number of aromatic hydroxyl groups is 1. The molecule has 0 amide bonds. The summed E-state index contributed by atoms with van der Waals surface area (Å²) in [5.41, 5.74) is 0.224. The third-order valence-electron chi connectivity index (χ3n) is 2.64. The molecule has 0 aliphatic carbocycles. The maximum atomic E-state index is 11.9. The molecule has 0 aliphatic rings. The van der Waals surface area contributed by atoms with Crippen LogP contribution < -0.4 is 10.9 Å². The fraction of sp³-hybridized carbons (Fsp3) is 0.0714. The molecular formula is C14H13N3O2S. The number of nitrogens with zero attached hydrogens (tertiary/aromatic N) is 1. The summed E-state index contributed by atoms with van der Waals surface area (Å²) in [5.74, 6) is -0.111. The van der Waals surface area contributed by atoms with Crippen molar-refractivity contribution in [2.45, 2.75) is 0 Å². The second-order valence-electron chi connectivity index (χ2n) is 3.99. The summed E-state index contributed by atoms with van der Waals surface area (Å²) in [6.07, 6.45) is 2.89. The number of H-pyrrole nitrogens is 1. The first-order chi connectivity index (χ1) is 9.63. The molecule has 0 spiro atoms. The van der Waals surface area contributed by atoms with Crippen molar-refractivity contribution in [3.8, 4) is 5.75 Å². The number of aliphatic imine (C=N–C) groups is 1. The number of aromatic nitrogens is 1. The lowest BCUT2D eigenvalue weighted by molar-refractivity contribution is 0.479. The quantitative estimate of drug-likeness (QED) is 0.456. The van der Waals surface area contributed by atoms with Gasteiger partial charge in [-0.25, -0.2) is 4.99 Å². The largest absolute Gasteiger partial charge is 0.506 e. The molecule has 2 rings (SSSR count). The molecule has 0 aliphatic heterocycles. The number of hydrogen-bond donors (Lipinski definition) is 3. The maximum Gasteiger partial charge on any atom is 0.261 e. The topological polar surface area (TPSA) is 77.5 Å². The molecule has 0 unspecified atom stereocenters. The maximum absolute atomic E-state index is 11.9. The Morgan fingerprint density at radius 1 is 1.50 bits per heavy atom. The van der Waals surface area contributed by atoms with E-state index in [0.29, 0.717) is 17.4 Å². The zero-order valence-corrected chi connectivity index (χ0v) is 11.4. The van der Waals surface area contributed by atoms with Crippen molar-refractivity contribution in [1.82, 2.24) is 10.3 Å². The number of nitrogens with one attached hydrogen (secondary N) is 2. The fourth-order valence-electron chi connectivity index (χ4n) is 1.69. The Balaban J connectivity index is 2.40. The Morgan fingerprint density at radius 3 is 3.00 bits per heavy atom. The standard InChI is InChI=1S/C14H13N3O2S/c1-2-7-15-14(20)16-8-10-12(18)9-5-3-4-6-11(9)17-13(10)19/h2-6,8H,1,7H2,(H,15,20)(H2,17,18,19). The van der Waals surface area contributed by atoms with E-state index in [2.05, 4.69) is 21.9 Å². The lowest BCUT2D eigenvalue weighted by atomic mass is 10.1. The molecule has 0 atom stereocenters. The zero-order valence-electron chi connectivity index (χ0n) is 10.6. The van der Waals surface area contributed by atoms with Crippen LogP contribution in [0.15, 0.2) is 46.7 Å². The van der Waals surface area contributed by atoms with E-state index >= 15 is 0 Å². The van der Waals surface area contributed by atoms with Crippen LogP contribution in [0.1, 0.15) is 5.56 Å². The SMILES string of the molecule is C=CCNC(=S)N=Cc1c(O)c2ccccc2[nH]c1=O. The molecule has 0 radical (unpaired) electrons. The summed E-state index contributed by atoms with van der Waals surface area (Å²) in [7, 11) is 0. The van der Waals surface area contributed by atoms with E-state index in [4.69, 9.17) is 12.2 Å². The van der Waals surface area contributed by atoms with Crippen LogP contribution in [0.4, 0.5) is 0 Å². The summed E-state index contributed by atoms with van der Waals surface area (Å²) in [6.45, 7) is 4.03. The molecule has 0 saturated carbocycles. The first-order valence-electron chi connectivity index (χ1n) is 5.90. The van der Waals surface area contributed by atoms with Crippen LogP contribution in [0, 0.1) is 0 Å². The first kappa shape index (κ1) is 14.0. The second kappa shape index (κ2) is 6.12. The third kappa shape index (κ3) is 2.92. The van der Waals surface area contributed by atoms with Gasteiger partial charge in [0.2, 0.25) is 0 Å². The first-order valence-corrected chi connectivity index (χ1v) is 6.31. The lowest BCUT2D eigenvalue weighted by Crippen LogP contribution is -2.20. The van der Waals surface area contributed by atoms with E-state index in [1.807, 2.05) is 0 Å². The molecule has 0 fully saturated rings. The molecule has 5 nitrogen and oxygen atoms in total. The van der Waals surface area contributed by atoms with Gasteiger partial charge in [0.15, 0.2) is 5.11 Å². The number of aromatic amines is 1. The van der Waals surface area contributed by atoms with Gasteiger partial charge in [0.1, 0.15) is 11.3 Å². The van der Waals surface area contributed by atoms with Crippen molar-refractivity contribution >= 4 is 34.4 Å². The number of pyridine rings is 1. The van der Waals surface area contributed by atoms with E-state index in [-0.39, 0.29) is 16.4 Å². The van der Waals surface area contributed by atoms with Crippen molar-refractivity contribution in [2.75, 3.05) is 6.54 Å². The van der Waals surface area contributed by atoms with Crippen molar-refractivity contribution in [3.63, 3.8) is 0 Å². The van der Waals surface area contributed by atoms with E-state index in [1.165, 1.54) is 6.21 Å². The Bertz CT molecular complexity index is 750. The van der Waals surface area contributed by atoms with Gasteiger partial charge in [-0.1, -0.05) is 18.2 Å². The molecule has 1 aromatic heterocycles. The number of rotatable bonds is 3. The van der Waals surface area contributed by atoms with Gasteiger partial charge >= 0.3 is 0 Å².